The van der Waals surface area contributed by atoms with E-state index in [1.165, 1.54) is 0 Å². The van der Waals surface area contributed by atoms with Crippen molar-refractivity contribution in [3.05, 3.63) is 0 Å². The Morgan fingerprint density at radius 1 is 1.30 bits per heavy atom. The summed E-state index contributed by atoms with van der Waals surface area (Å²) < 4.78 is 16.8. The van der Waals surface area contributed by atoms with Crippen molar-refractivity contribution in [3.63, 3.8) is 0 Å². The monoisotopic (exact) mass is 284 g/mol. The zero-order chi connectivity index (χ0) is 14.4. The Hall–Kier alpha value is -0.850. The Bertz CT molecular complexity index is 390. The predicted molar refractivity (Wildman–Crippen MR) is 72.7 cm³/mol. The molecule has 6 heteroatoms. The van der Waals surface area contributed by atoms with Crippen molar-refractivity contribution in [3.8, 4) is 0 Å². The van der Waals surface area contributed by atoms with E-state index in [0.29, 0.717) is 19.7 Å². The van der Waals surface area contributed by atoms with Gasteiger partial charge >= 0.3 is 6.09 Å². The lowest BCUT2D eigenvalue weighted by molar-refractivity contribution is -0.179. The van der Waals surface area contributed by atoms with Gasteiger partial charge in [0, 0.05) is 13.1 Å². The van der Waals surface area contributed by atoms with Crippen molar-refractivity contribution in [2.45, 2.75) is 43.9 Å². The third-order valence-corrected chi connectivity index (χ3v) is 4.16. The molecule has 1 atom stereocenters. The van der Waals surface area contributed by atoms with E-state index in [2.05, 4.69) is 5.32 Å². The maximum absolute atomic E-state index is 12.1. The zero-order valence-corrected chi connectivity index (χ0v) is 12.5. The lowest BCUT2D eigenvalue weighted by Crippen LogP contribution is -2.71. The topological polar surface area (TPSA) is 60.0 Å². The maximum Gasteiger partial charge on any atom is 0.410 e. The molecule has 0 bridgehead atoms. The first kappa shape index (κ1) is 14.1. The highest BCUT2D eigenvalue weighted by Crippen LogP contribution is 2.33. The van der Waals surface area contributed by atoms with Crippen LogP contribution in [0.5, 0.6) is 0 Å². The van der Waals surface area contributed by atoms with Gasteiger partial charge in [0.2, 0.25) is 0 Å². The van der Waals surface area contributed by atoms with Crippen LogP contribution in [0, 0.1) is 0 Å². The SMILES string of the molecule is CC(C)(C)OC(=O)N1CC[C@]2(CNC3(COC3)CO2)C1. The summed E-state index contributed by atoms with van der Waals surface area (Å²) in [6.07, 6.45) is 0.612. The third-order valence-electron chi connectivity index (χ3n) is 4.16. The third kappa shape index (κ3) is 2.64. The summed E-state index contributed by atoms with van der Waals surface area (Å²) >= 11 is 0. The largest absolute Gasteiger partial charge is 0.444 e. The number of carbonyl (C=O) groups is 1. The number of nitrogens with one attached hydrogen (secondary N) is 1. The van der Waals surface area contributed by atoms with Gasteiger partial charge in [0.15, 0.2) is 0 Å². The highest BCUT2D eigenvalue weighted by molar-refractivity contribution is 5.68. The van der Waals surface area contributed by atoms with Gasteiger partial charge in [-0.15, -0.1) is 0 Å². The second-order valence-corrected chi connectivity index (χ2v) is 7.25. The molecule has 0 unspecified atom stereocenters. The van der Waals surface area contributed by atoms with Gasteiger partial charge < -0.3 is 24.4 Å². The van der Waals surface area contributed by atoms with Gasteiger partial charge in [0.25, 0.3) is 0 Å². The van der Waals surface area contributed by atoms with Crippen LogP contribution in [0.1, 0.15) is 27.2 Å². The normalized spacial score (nSPS) is 32.5. The molecule has 1 amide bonds. The Labute approximate surface area is 119 Å². The number of ether oxygens (including phenoxy) is 3. The minimum atomic E-state index is -0.453. The number of amides is 1. The van der Waals surface area contributed by atoms with E-state index in [9.17, 15) is 4.79 Å². The Balaban J connectivity index is 1.55. The summed E-state index contributed by atoms with van der Waals surface area (Å²) in [5, 5.41) is 3.54. The van der Waals surface area contributed by atoms with Crippen LogP contribution in [0.2, 0.25) is 0 Å². The quantitative estimate of drug-likeness (QED) is 0.711. The fraction of sp³-hybridized carbons (Fsp3) is 0.929. The molecular weight excluding hydrogens is 260 g/mol. The van der Waals surface area contributed by atoms with Gasteiger partial charge in [-0.25, -0.2) is 4.79 Å². The van der Waals surface area contributed by atoms with Crippen molar-refractivity contribution in [2.75, 3.05) is 39.5 Å². The molecule has 3 fully saturated rings. The molecule has 0 aromatic heterocycles. The van der Waals surface area contributed by atoms with Gasteiger partial charge in [-0.05, 0) is 27.2 Å². The van der Waals surface area contributed by atoms with Crippen molar-refractivity contribution in [1.82, 2.24) is 10.2 Å². The number of rotatable bonds is 0. The van der Waals surface area contributed by atoms with Crippen LogP contribution in [0.3, 0.4) is 0 Å². The lowest BCUT2D eigenvalue weighted by atomic mass is 9.91. The van der Waals surface area contributed by atoms with Crippen molar-refractivity contribution in [2.24, 2.45) is 0 Å². The molecule has 3 aliphatic rings. The average molecular weight is 284 g/mol. The van der Waals surface area contributed by atoms with Crippen LogP contribution < -0.4 is 5.32 Å². The molecule has 0 aromatic rings. The Kier molecular flexibility index (Phi) is 3.23. The van der Waals surface area contributed by atoms with Crippen LogP contribution >= 0.6 is 0 Å². The number of morpholine rings is 1. The molecule has 20 heavy (non-hydrogen) atoms. The molecule has 3 rings (SSSR count). The van der Waals surface area contributed by atoms with Crippen LogP contribution in [0.25, 0.3) is 0 Å². The summed E-state index contributed by atoms with van der Waals surface area (Å²) in [6, 6.07) is 0. The van der Waals surface area contributed by atoms with Gasteiger partial charge in [0.1, 0.15) is 5.60 Å². The minimum absolute atomic E-state index is 0.0184. The molecule has 0 aliphatic carbocycles. The molecule has 3 aliphatic heterocycles. The maximum atomic E-state index is 12.1. The van der Waals surface area contributed by atoms with E-state index in [1.54, 1.807) is 4.90 Å². The molecule has 3 saturated heterocycles. The molecule has 0 aromatic carbocycles. The zero-order valence-electron chi connectivity index (χ0n) is 12.5. The predicted octanol–water partition coefficient (Wildman–Crippen LogP) is 0.755. The lowest BCUT2D eigenvalue weighted by Gasteiger charge is -2.50. The Morgan fingerprint density at radius 2 is 2.05 bits per heavy atom. The van der Waals surface area contributed by atoms with Gasteiger partial charge in [0.05, 0.1) is 37.5 Å². The highest BCUT2D eigenvalue weighted by Gasteiger charge is 2.51. The number of hydrogen-bond acceptors (Lipinski definition) is 5. The smallest absolute Gasteiger partial charge is 0.410 e. The Morgan fingerprint density at radius 3 is 2.55 bits per heavy atom. The second-order valence-electron chi connectivity index (χ2n) is 7.25. The van der Waals surface area contributed by atoms with E-state index >= 15 is 0 Å². The summed E-state index contributed by atoms with van der Waals surface area (Å²) in [7, 11) is 0. The summed E-state index contributed by atoms with van der Waals surface area (Å²) in [5.41, 5.74) is -0.686. The number of nitrogens with zero attached hydrogens (tertiary/aromatic N) is 1. The average Bonchev–Trinajstić information content (AvgIpc) is 2.71. The highest BCUT2D eigenvalue weighted by atomic mass is 16.6. The number of likely N-dealkylation sites (tertiary alicyclic amines) is 1. The van der Waals surface area contributed by atoms with E-state index in [1.807, 2.05) is 20.8 Å². The summed E-state index contributed by atoms with van der Waals surface area (Å²) in [4.78, 5) is 13.8. The van der Waals surface area contributed by atoms with Crippen LogP contribution in [0.15, 0.2) is 0 Å². The first-order valence-electron chi connectivity index (χ1n) is 7.26. The molecule has 1 N–H and O–H groups in total. The first-order valence-corrected chi connectivity index (χ1v) is 7.26. The fourth-order valence-corrected chi connectivity index (χ4v) is 2.86. The van der Waals surface area contributed by atoms with Crippen molar-refractivity contribution >= 4 is 6.09 Å². The molecule has 0 radical (unpaired) electrons. The van der Waals surface area contributed by atoms with Crippen LogP contribution in [0.4, 0.5) is 4.79 Å². The first-order chi connectivity index (χ1) is 9.32. The van der Waals surface area contributed by atoms with Crippen LogP contribution in [-0.4, -0.2) is 67.2 Å². The molecule has 6 nitrogen and oxygen atoms in total. The molecule has 114 valence electrons. The van der Waals surface area contributed by atoms with E-state index in [0.717, 1.165) is 26.2 Å². The minimum Gasteiger partial charge on any atom is -0.444 e. The van der Waals surface area contributed by atoms with Gasteiger partial charge in [-0.3, -0.25) is 0 Å². The standard InChI is InChI=1S/C14H24N2O4/c1-12(2,3)20-11(17)16-5-4-14(7-16)6-15-13(10-19-14)8-18-9-13/h15H,4-10H2,1-3H3/t14-/m0/s1. The number of hydrogen-bond donors (Lipinski definition) is 1. The summed E-state index contributed by atoms with van der Waals surface area (Å²) in [6.45, 7) is 9.83. The second kappa shape index (κ2) is 4.58. The fourth-order valence-electron chi connectivity index (χ4n) is 2.86. The van der Waals surface area contributed by atoms with E-state index in [4.69, 9.17) is 14.2 Å². The van der Waals surface area contributed by atoms with Gasteiger partial charge in [-0.1, -0.05) is 0 Å². The molecule has 3 heterocycles. The summed E-state index contributed by atoms with van der Waals surface area (Å²) in [5.74, 6) is 0. The molecular formula is C14H24N2O4. The van der Waals surface area contributed by atoms with Crippen molar-refractivity contribution in [1.29, 1.82) is 0 Å². The van der Waals surface area contributed by atoms with E-state index in [-0.39, 0.29) is 17.2 Å². The van der Waals surface area contributed by atoms with Crippen LogP contribution in [-0.2, 0) is 14.2 Å². The van der Waals surface area contributed by atoms with E-state index < -0.39 is 5.60 Å². The van der Waals surface area contributed by atoms with Gasteiger partial charge in [-0.2, -0.15) is 0 Å². The molecule has 2 spiro atoms. The number of carbonyl (C=O) groups excluding carboxylic acids is 1. The molecule has 0 saturated carbocycles. The van der Waals surface area contributed by atoms with Crippen molar-refractivity contribution < 1.29 is 19.0 Å².